The van der Waals surface area contributed by atoms with Crippen molar-refractivity contribution in [1.82, 2.24) is 0 Å². The molecule has 2 aliphatic carbocycles. The molecular formula is C18H18O8. The number of hydrogen-bond donors (Lipinski definition) is 4. The highest BCUT2D eigenvalue weighted by Crippen LogP contribution is 2.45. The Bertz CT molecular complexity index is 812. The summed E-state index contributed by atoms with van der Waals surface area (Å²) in [5, 5.41) is 37.9. The molecule has 0 amide bonds. The van der Waals surface area contributed by atoms with Gasteiger partial charge in [0.25, 0.3) is 0 Å². The van der Waals surface area contributed by atoms with Crippen LogP contribution in [0.3, 0.4) is 0 Å². The first-order valence-electron chi connectivity index (χ1n) is 8.29. The Hall–Kier alpha value is -2.90. The highest BCUT2D eigenvalue weighted by molar-refractivity contribution is 5.88. The molecule has 0 aromatic heterocycles. The molecule has 4 unspecified atom stereocenters. The zero-order chi connectivity index (χ0) is 19.2. The maximum Gasteiger partial charge on any atom is 0.311 e. The van der Waals surface area contributed by atoms with E-state index in [0.717, 1.165) is 0 Å². The molecule has 4 N–H and O–H groups in total. The summed E-state index contributed by atoms with van der Waals surface area (Å²) in [6.45, 7) is 0. The SMILES string of the molecule is O=C(O)C1CCc2c(ccc3c2C(C(=O)O)C(C(=O)O)CC3)C1C(=O)O. The van der Waals surface area contributed by atoms with Gasteiger partial charge >= 0.3 is 23.9 Å². The Labute approximate surface area is 148 Å². The normalized spacial score (nSPS) is 27.1. The van der Waals surface area contributed by atoms with Crippen molar-refractivity contribution in [1.29, 1.82) is 0 Å². The lowest BCUT2D eigenvalue weighted by Gasteiger charge is -2.35. The fourth-order valence-corrected chi connectivity index (χ4v) is 4.40. The van der Waals surface area contributed by atoms with Gasteiger partial charge in [-0.2, -0.15) is 0 Å². The Balaban J connectivity index is 2.21. The predicted molar refractivity (Wildman–Crippen MR) is 86.1 cm³/mol. The third kappa shape index (κ3) is 2.71. The van der Waals surface area contributed by atoms with Gasteiger partial charge in [0.05, 0.1) is 23.7 Å². The summed E-state index contributed by atoms with van der Waals surface area (Å²) in [6, 6.07) is 3.17. The molecule has 0 fully saturated rings. The van der Waals surface area contributed by atoms with E-state index in [2.05, 4.69) is 0 Å². The molecule has 138 valence electrons. The van der Waals surface area contributed by atoms with E-state index in [1.54, 1.807) is 12.1 Å². The monoisotopic (exact) mass is 362 g/mol. The van der Waals surface area contributed by atoms with Gasteiger partial charge in [-0.25, -0.2) is 0 Å². The predicted octanol–water partition coefficient (Wildman–Crippen LogP) is 1.32. The average Bonchev–Trinajstić information content (AvgIpc) is 2.58. The van der Waals surface area contributed by atoms with Crippen LogP contribution in [0.2, 0.25) is 0 Å². The second-order valence-electron chi connectivity index (χ2n) is 6.80. The van der Waals surface area contributed by atoms with Crippen LogP contribution < -0.4 is 0 Å². The number of fused-ring (bicyclic) bond motifs is 3. The van der Waals surface area contributed by atoms with Crippen LogP contribution in [0.25, 0.3) is 0 Å². The Morgan fingerprint density at radius 1 is 0.731 bits per heavy atom. The summed E-state index contributed by atoms with van der Waals surface area (Å²) in [5.74, 6) is -9.68. The number of hydrogen-bond acceptors (Lipinski definition) is 4. The molecule has 2 aliphatic rings. The third-order valence-corrected chi connectivity index (χ3v) is 5.53. The number of aliphatic carboxylic acids is 4. The zero-order valence-corrected chi connectivity index (χ0v) is 13.7. The molecule has 3 rings (SSSR count). The topological polar surface area (TPSA) is 149 Å². The molecule has 0 aliphatic heterocycles. The third-order valence-electron chi connectivity index (χ3n) is 5.53. The second kappa shape index (κ2) is 6.44. The van der Waals surface area contributed by atoms with Crippen molar-refractivity contribution in [3.63, 3.8) is 0 Å². The van der Waals surface area contributed by atoms with Gasteiger partial charge in [0, 0.05) is 0 Å². The summed E-state index contributed by atoms with van der Waals surface area (Å²) < 4.78 is 0. The lowest BCUT2D eigenvalue weighted by atomic mass is 9.67. The van der Waals surface area contributed by atoms with E-state index in [4.69, 9.17) is 0 Å². The van der Waals surface area contributed by atoms with Crippen LogP contribution in [0.4, 0.5) is 0 Å². The highest BCUT2D eigenvalue weighted by atomic mass is 16.4. The second-order valence-corrected chi connectivity index (χ2v) is 6.80. The summed E-state index contributed by atoms with van der Waals surface area (Å²) in [7, 11) is 0. The van der Waals surface area contributed by atoms with Gasteiger partial charge in [-0.1, -0.05) is 12.1 Å². The van der Waals surface area contributed by atoms with Crippen molar-refractivity contribution >= 4 is 23.9 Å². The molecular weight excluding hydrogens is 344 g/mol. The van der Waals surface area contributed by atoms with Gasteiger partial charge < -0.3 is 20.4 Å². The van der Waals surface area contributed by atoms with Crippen molar-refractivity contribution < 1.29 is 39.6 Å². The zero-order valence-electron chi connectivity index (χ0n) is 13.7. The first-order valence-corrected chi connectivity index (χ1v) is 8.29. The number of benzene rings is 1. The Morgan fingerprint density at radius 2 is 1.27 bits per heavy atom. The van der Waals surface area contributed by atoms with E-state index in [9.17, 15) is 39.6 Å². The van der Waals surface area contributed by atoms with Crippen LogP contribution in [-0.4, -0.2) is 44.3 Å². The van der Waals surface area contributed by atoms with Gasteiger partial charge in [-0.15, -0.1) is 0 Å². The maximum absolute atomic E-state index is 11.8. The van der Waals surface area contributed by atoms with Crippen molar-refractivity contribution in [3.05, 3.63) is 34.4 Å². The minimum absolute atomic E-state index is 0.0693. The molecule has 26 heavy (non-hydrogen) atoms. The lowest BCUT2D eigenvalue weighted by Crippen LogP contribution is -2.37. The molecule has 0 saturated heterocycles. The van der Waals surface area contributed by atoms with E-state index >= 15 is 0 Å². The maximum atomic E-state index is 11.8. The van der Waals surface area contributed by atoms with Gasteiger partial charge in [-0.3, -0.25) is 19.2 Å². The molecule has 0 spiro atoms. The van der Waals surface area contributed by atoms with Crippen LogP contribution in [0.1, 0.15) is 46.9 Å². The van der Waals surface area contributed by atoms with E-state index in [0.29, 0.717) is 23.1 Å². The van der Waals surface area contributed by atoms with Crippen molar-refractivity contribution in [2.75, 3.05) is 0 Å². The van der Waals surface area contributed by atoms with Crippen molar-refractivity contribution in [2.24, 2.45) is 11.8 Å². The molecule has 0 heterocycles. The number of carbonyl (C=O) groups is 4. The van der Waals surface area contributed by atoms with E-state index in [1.165, 1.54) is 0 Å². The van der Waals surface area contributed by atoms with Crippen LogP contribution in [0.15, 0.2) is 12.1 Å². The first kappa shape index (κ1) is 17.9. The minimum atomic E-state index is -1.28. The Kier molecular flexibility index (Phi) is 4.43. The summed E-state index contributed by atoms with van der Waals surface area (Å²) in [6.07, 6.45) is 0.872. The van der Waals surface area contributed by atoms with E-state index < -0.39 is 47.5 Å². The van der Waals surface area contributed by atoms with Crippen LogP contribution >= 0.6 is 0 Å². The smallest absolute Gasteiger partial charge is 0.311 e. The molecule has 8 heteroatoms. The quantitative estimate of drug-likeness (QED) is 0.626. The van der Waals surface area contributed by atoms with Crippen LogP contribution in [-0.2, 0) is 32.0 Å². The molecule has 0 saturated carbocycles. The summed E-state index contributed by atoms with van der Waals surface area (Å²) >= 11 is 0. The largest absolute Gasteiger partial charge is 0.481 e. The van der Waals surface area contributed by atoms with Gasteiger partial charge in [0.15, 0.2) is 0 Å². The van der Waals surface area contributed by atoms with Crippen molar-refractivity contribution in [3.8, 4) is 0 Å². The molecule has 1 aromatic carbocycles. The Morgan fingerprint density at radius 3 is 1.81 bits per heavy atom. The molecule has 0 radical (unpaired) electrons. The summed E-state index contributed by atoms with van der Waals surface area (Å²) in [5.41, 5.74) is 1.84. The lowest BCUT2D eigenvalue weighted by molar-refractivity contribution is -0.151. The first-order chi connectivity index (χ1) is 12.2. The van der Waals surface area contributed by atoms with Crippen LogP contribution in [0, 0.1) is 11.8 Å². The van der Waals surface area contributed by atoms with Gasteiger partial charge in [0.1, 0.15) is 0 Å². The number of rotatable bonds is 4. The van der Waals surface area contributed by atoms with E-state index in [-0.39, 0.29) is 24.8 Å². The van der Waals surface area contributed by atoms with Gasteiger partial charge in [0.2, 0.25) is 0 Å². The highest BCUT2D eigenvalue weighted by Gasteiger charge is 2.45. The molecule has 1 aromatic rings. The fourth-order valence-electron chi connectivity index (χ4n) is 4.40. The molecule has 4 atom stereocenters. The number of carboxylic acids is 4. The van der Waals surface area contributed by atoms with Crippen LogP contribution in [0.5, 0.6) is 0 Å². The summed E-state index contributed by atoms with van der Waals surface area (Å²) in [4.78, 5) is 46.5. The minimum Gasteiger partial charge on any atom is -0.481 e. The van der Waals surface area contributed by atoms with Crippen molar-refractivity contribution in [2.45, 2.75) is 37.5 Å². The standard InChI is InChI=1S/C18H18O8/c19-15(20)10-6-5-8-9(13(10)17(23)24)3-1-7-2-4-11(16(21)22)14(12(7)8)18(25)26/h1,3,10-11,13-14H,2,4-6H2,(H,19,20)(H,21,22)(H,23,24)(H,25,26). The fraction of sp³-hybridized carbons (Fsp3) is 0.444. The van der Waals surface area contributed by atoms with Gasteiger partial charge in [-0.05, 0) is 47.9 Å². The molecule has 0 bridgehead atoms. The average molecular weight is 362 g/mol. The number of carboxylic acid groups (broad SMARTS) is 4. The van der Waals surface area contributed by atoms with E-state index in [1.807, 2.05) is 0 Å². The number of aryl methyl sites for hydroxylation is 1. The molecule has 8 nitrogen and oxygen atoms in total.